The molecule has 1 aliphatic heterocycles. The SMILES string of the molecule is O=C(CCN1C(=O)C=CC1=O)NCP=S. The van der Waals surface area contributed by atoms with E-state index in [0.29, 0.717) is 13.6 Å². The Labute approximate surface area is 93.3 Å². The van der Waals surface area contributed by atoms with Crippen molar-refractivity contribution in [3.8, 4) is 0 Å². The Bertz CT molecular complexity index is 325. The first-order chi connectivity index (χ1) is 7.15. The zero-order valence-corrected chi connectivity index (χ0v) is 9.51. The van der Waals surface area contributed by atoms with Crippen molar-refractivity contribution in [2.24, 2.45) is 0 Å². The molecule has 0 spiro atoms. The van der Waals surface area contributed by atoms with Crippen molar-refractivity contribution in [3.05, 3.63) is 12.2 Å². The molecule has 0 aromatic heterocycles. The number of carbonyl (C=O) groups excluding carboxylic acids is 3. The van der Waals surface area contributed by atoms with E-state index in [1.165, 1.54) is 12.2 Å². The summed E-state index contributed by atoms with van der Waals surface area (Å²) in [5.41, 5.74) is 0. The second-order valence-electron chi connectivity index (χ2n) is 2.80. The van der Waals surface area contributed by atoms with Crippen LogP contribution in [0.1, 0.15) is 6.42 Å². The van der Waals surface area contributed by atoms with Crippen LogP contribution < -0.4 is 5.32 Å². The van der Waals surface area contributed by atoms with Crippen LogP contribution in [0.3, 0.4) is 0 Å². The Balaban J connectivity index is 2.31. The standard InChI is InChI=1S/C8H9N2O3PS/c11-6(9-5-14-15)3-4-10-7(12)1-2-8(10)13/h1-2H,3-5H2,(H,9,11). The van der Waals surface area contributed by atoms with E-state index in [1.807, 2.05) is 0 Å². The molecule has 0 aromatic rings. The molecule has 0 unspecified atom stereocenters. The van der Waals surface area contributed by atoms with E-state index in [9.17, 15) is 14.4 Å². The van der Waals surface area contributed by atoms with Gasteiger partial charge in [-0.05, 0) is 7.36 Å². The van der Waals surface area contributed by atoms with Crippen molar-refractivity contribution in [2.75, 3.05) is 12.8 Å². The molecule has 1 aliphatic rings. The summed E-state index contributed by atoms with van der Waals surface area (Å²) in [7, 11) is 0.662. The molecule has 1 N–H and O–H groups in total. The van der Waals surface area contributed by atoms with E-state index in [0.717, 1.165) is 4.90 Å². The maximum Gasteiger partial charge on any atom is 0.253 e. The highest BCUT2D eigenvalue weighted by Gasteiger charge is 2.23. The van der Waals surface area contributed by atoms with Gasteiger partial charge >= 0.3 is 0 Å². The summed E-state index contributed by atoms with van der Waals surface area (Å²) in [6.07, 6.45) is 2.92. The van der Waals surface area contributed by atoms with Gasteiger partial charge in [0, 0.05) is 25.1 Å². The number of nitrogens with one attached hydrogen (secondary N) is 1. The minimum atomic E-state index is -0.366. The van der Waals surface area contributed by atoms with Gasteiger partial charge in [0.25, 0.3) is 11.8 Å². The Morgan fingerprint density at radius 2 is 2.00 bits per heavy atom. The molecule has 80 valence electrons. The van der Waals surface area contributed by atoms with Crippen molar-refractivity contribution in [3.63, 3.8) is 0 Å². The Morgan fingerprint density at radius 3 is 2.53 bits per heavy atom. The third-order valence-electron chi connectivity index (χ3n) is 1.80. The normalized spacial score (nSPS) is 15.1. The second kappa shape index (κ2) is 5.68. The fourth-order valence-electron chi connectivity index (χ4n) is 1.07. The highest BCUT2D eigenvalue weighted by Crippen LogP contribution is 2.03. The largest absolute Gasteiger partial charge is 0.348 e. The molecule has 5 nitrogen and oxygen atoms in total. The first kappa shape index (κ1) is 11.9. The van der Waals surface area contributed by atoms with Gasteiger partial charge in [0.05, 0.1) is 6.29 Å². The highest BCUT2D eigenvalue weighted by molar-refractivity contribution is 7.96. The topological polar surface area (TPSA) is 66.5 Å². The van der Waals surface area contributed by atoms with Crippen LogP contribution in [0.2, 0.25) is 0 Å². The minimum absolute atomic E-state index is 0.115. The molecular weight excluding hydrogens is 235 g/mol. The molecule has 0 aromatic carbocycles. The Kier molecular flexibility index (Phi) is 4.52. The zero-order chi connectivity index (χ0) is 11.3. The highest BCUT2D eigenvalue weighted by atomic mass is 32.4. The molecule has 7 heteroatoms. The fourth-order valence-corrected chi connectivity index (χ4v) is 1.51. The summed E-state index contributed by atoms with van der Waals surface area (Å²) >= 11 is 4.63. The molecule has 0 radical (unpaired) electrons. The van der Waals surface area contributed by atoms with Gasteiger partial charge in [0.2, 0.25) is 5.91 Å². The number of nitrogens with zero attached hydrogens (tertiary/aromatic N) is 1. The van der Waals surface area contributed by atoms with Gasteiger partial charge in [-0.1, -0.05) is 11.8 Å². The van der Waals surface area contributed by atoms with E-state index in [4.69, 9.17) is 0 Å². The lowest BCUT2D eigenvalue weighted by molar-refractivity contribution is -0.137. The van der Waals surface area contributed by atoms with Crippen molar-refractivity contribution in [2.45, 2.75) is 6.42 Å². The first-order valence-corrected chi connectivity index (χ1v) is 6.34. The molecule has 3 amide bonds. The number of amides is 3. The predicted octanol–water partition coefficient (Wildman–Crippen LogP) is -0.217. The van der Waals surface area contributed by atoms with Crippen LogP contribution in [-0.2, 0) is 26.2 Å². The van der Waals surface area contributed by atoms with Gasteiger partial charge in [-0.2, -0.15) is 0 Å². The lowest BCUT2D eigenvalue weighted by Crippen LogP contribution is -2.34. The quantitative estimate of drug-likeness (QED) is 0.536. The molecule has 1 heterocycles. The first-order valence-electron chi connectivity index (χ1n) is 4.24. The third kappa shape index (κ3) is 3.49. The van der Waals surface area contributed by atoms with Gasteiger partial charge in [-0.15, -0.1) is 0 Å². The van der Waals surface area contributed by atoms with Crippen LogP contribution in [0.25, 0.3) is 0 Å². The zero-order valence-electron chi connectivity index (χ0n) is 7.80. The van der Waals surface area contributed by atoms with Crippen LogP contribution in [0.5, 0.6) is 0 Å². The molecule has 0 saturated carbocycles. The van der Waals surface area contributed by atoms with Crippen molar-refractivity contribution in [1.29, 1.82) is 0 Å². The summed E-state index contributed by atoms with van der Waals surface area (Å²) in [5, 5.41) is 2.56. The summed E-state index contributed by atoms with van der Waals surface area (Å²) in [6, 6.07) is 0. The number of imide groups is 1. The van der Waals surface area contributed by atoms with Gasteiger partial charge in [0.15, 0.2) is 0 Å². The van der Waals surface area contributed by atoms with E-state index in [-0.39, 0.29) is 30.7 Å². The van der Waals surface area contributed by atoms with Crippen LogP contribution in [0, 0.1) is 0 Å². The number of hydrogen-bond donors (Lipinski definition) is 1. The monoisotopic (exact) mass is 244 g/mol. The molecule has 0 aliphatic carbocycles. The Hall–Kier alpha value is -1.13. The lowest BCUT2D eigenvalue weighted by atomic mass is 10.3. The maximum absolute atomic E-state index is 11.1. The summed E-state index contributed by atoms with van der Waals surface area (Å²) in [4.78, 5) is 34.3. The fraction of sp³-hybridized carbons (Fsp3) is 0.375. The Morgan fingerprint density at radius 1 is 1.40 bits per heavy atom. The molecule has 0 bridgehead atoms. The second-order valence-corrected chi connectivity index (χ2v) is 4.15. The molecule has 0 fully saturated rings. The van der Waals surface area contributed by atoms with Gasteiger partial charge in [-0.3, -0.25) is 19.3 Å². The molecule has 0 atom stereocenters. The number of hydrogen-bond acceptors (Lipinski definition) is 4. The molecule has 15 heavy (non-hydrogen) atoms. The molecular formula is C8H9N2O3PS. The van der Waals surface area contributed by atoms with Gasteiger partial charge in [0.1, 0.15) is 0 Å². The third-order valence-corrected chi connectivity index (χ3v) is 2.48. The summed E-state index contributed by atoms with van der Waals surface area (Å²) in [6.45, 7) is 0.116. The van der Waals surface area contributed by atoms with E-state index in [1.54, 1.807) is 0 Å². The van der Waals surface area contributed by atoms with Crippen molar-refractivity contribution in [1.82, 2.24) is 10.2 Å². The van der Waals surface area contributed by atoms with E-state index >= 15 is 0 Å². The summed E-state index contributed by atoms with van der Waals surface area (Å²) < 4.78 is 0. The molecule has 1 rings (SSSR count). The summed E-state index contributed by atoms with van der Waals surface area (Å²) in [5.74, 6) is -0.941. The van der Waals surface area contributed by atoms with Crippen molar-refractivity contribution < 1.29 is 14.4 Å². The number of rotatable bonds is 5. The van der Waals surface area contributed by atoms with Crippen molar-refractivity contribution >= 4 is 36.9 Å². The minimum Gasteiger partial charge on any atom is -0.348 e. The van der Waals surface area contributed by atoms with Crippen LogP contribution in [-0.4, -0.2) is 35.5 Å². The van der Waals surface area contributed by atoms with E-state index in [2.05, 4.69) is 17.1 Å². The number of carbonyl (C=O) groups is 3. The van der Waals surface area contributed by atoms with E-state index < -0.39 is 0 Å². The van der Waals surface area contributed by atoms with Crippen LogP contribution in [0.4, 0.5) is 0 Å². The van der Waals surface area contributed by atoms with Crippen LogP contribution in [0.15, 0.2) is 12.2 Å². The predicted molar refractivity (Wildman–Crippen MR) is 57.8 cm³/mol. The lowest BCUT2D eigenvalue weighted by Gasteiger charge is -2.12. The average molecular weight is 244 g/mol. The average Bonchev–Trinajstić information content (AvgIpc) is 2.53. The van der Waals surface area contributed by atoms with Crippen LogP contribution >= 0.6 is 7.36 Å². The van der Waals surface area contributed by atoms with Gasteiger partial charge < -0.3 is 5.32 Å². The maximum atomic E-state index is 11.1. The molecule has 0 saturated heterocycles. The smallest absolute Gasteiger partial charge is 0.253 e. The van der Waals surface area contributed by atoms with Gasteiger partial charge in [-0.25, -0.2) is 0 Å².